The molecule has 0 saturated heterocycles. The van der Waals surface area contributed by atoms with Crippen molar-refractivity contribution in [2.24, 2.45) is 0 Å². The first-order valence-corrected chi connectivity index (χ1v) is 8.37. The number of hydrogen-bond donors (Lipinski definition) is 1. The van der Waals surface area contributed by atoms with Crippen LogP contribution in [-0.2, 0) is 5.75 Å². The average Bonchev–Trinajstić information content (AvgIpc) is 2.95. The van der Waals surface area contributed by atoms with Gasteiger partial charge >= 0.3 is 13.2 Å². The highest BCUT2D eigenvalue weighted by atomic mass is 32.2. The van der Waals surface area contributed by atoms with Crippen LogP contribution in [0.3, 0.4) is 0 Å². The van der Waals surface area contributed by atoms with E-state index in [-0.39, 0.29) is 0 Å². The lowest BCUT2D eigenvalue weighted by Gasteiger charge is -2.11. The molecule has 0 aliphatic carbocycles. The summed E-state index contributed by atoms with van der Waals surface area (Å²) in [6.07, 6.45) is 1.68. The first-order chi connectivity index (χ1) is 12.4. The highest BCUT2D eigenvalue weighted by Gasteiger charge is 2.18. The largest absolute Gasteiger partial charge is 0.431 e. The van der Waals surface area contributed by atoms with Crippen molar-refractivity contribution in [1.29, 1.82) is 0 Å². The summed E-state index contributed by atoms with van der Waals surface area (Å²) in [6.45, 7) is -4.41. The number of H-pyrrole nitrogens is 1. The van der Waals surface area contributed by atoms with E-state index in [0.717, 1.165) is 23.4 Å². The third-order valence-corrected chi connectivity index (χ3v) is 4.31. The summed E-state index contributed by atoms with van der Waals surface area (Å²) in [5.74, 6) is -0.460. The lowest BCUT2D eigenvalue weighted by molar-refractivity contribution is -0.0690. The van der Waals surface area contributed by atoms with E-state index in [1.54, 1.807) is 6.20 Å². The topological polar surface area (TPSA) is 60.0 Å². The van der Waals surface area contributed by atoms with Gasteiger partial charge in [-0.2, -0.15) is 17.6 Å². The molecule has 0 bridgehead atoms. The fourth-order valence-electron chi connectivity index (χ4n) is 2.25. The Morgan fingerprint density at radius 2 is 1.81 bits per heavy atom. The van der Waals surface area contributed by atoms with E-state index in [1.807, 2.05) is 19.1 Å². The van der Waals surface area contributed by atoms with E-state index in [9.17, 15) is 17.6 Å². The maximum Gasteiger partial charge on any atom is 0.387 e. The van der Waals surface area contributed by atoms with E-state index < -0.39 is 24.7 Å². The molecular weight excluding hydrogens is 374 g/mol. The van der Waals surface area contributed by atoms with Crippen LogP contribution in [-0.4, -0.2) is 28.2 Å². The molecule has 1 N–H and O–H groups in total. The number of benzene rings is 1. The van der Waals surface area contributed by atoms with Gasteiger partial charge in [-0.25, -0.2) is 4.98 Å². The molecule has 138 valence electrons. The lowest BCUT2D eigenvalue weighted by Crippen LogP contribution is -2.07. The number of rotatable bonds is 7. The summed E-state index contributed by atoms with van der Waals surface area (Å²) in [5, 5.41) is 0.488. The SMILES string of the molecule is Cc1cccnc1CSc1nc2cc(OC(F)F)c(OC(F)F)cc2[nH]1. The van der Waals surface area contributed by atoms with Crippen LogP contribution in [0.5, 0.6) is 11.5 Å². The van der Waals surface area contributed by atoms with Gasteiger partial charge in [-0.05, 0) is 18.6 Å². The third-order valence-electron chi connectivity index (χ3n) is 3.42. The van der Waals surface area contributed by atoms with Crippen molar-refractivity contribution < 1.29 is 27.0 Å². The number of aromatic nitrogens is 3. The van der Waals surface area contributed by atoms with Crippen LogP contribution in [0.15, 0.2) is 35.6 Å². The average molecular weight is 387 g/mol. The summed E-state index contributed by atoms with van der Waals surface area (Å²) >= 11 is 1.35. The zero-order valence-corrected chi connectivity index (χ0v) is 14.2. The monoisotopic (exact) mass is 387 g/mol. The fourth-order valence-corrected chi connectivity index (χ4v) is 3.17. The summed E-state index contributed by atoms with van der Waals surface area (Å²) < 4.78 is 58.4. The van der Waals surface area contributed by atoms with Gasteiger partial charge in [0.2, 0.25) is 0 Å². The van der Waals surface area contributed by atoms with Gasteiger partial charge in [-0.3, -0.25) is 4.98 Å². The normalized spacial score (nSPS) is 11.5. The summed E-state index contributed by atoms with van der Waals surface area (Å²) in [5.41, 5.74) is 2.56. The highest BCUT2D eigenvalue weighted by Crippen LogP contribution is 2.35. The zero-order valence-electron chi connectivity index (χ0n) is 13.4. The van der Waals surface area contributed by atoms with Gasteiger partial charge in [0.05, 0.1) is 16.7 Å². The molecule has 0 spiro atoms. The first-order valence-electron chi connectivity index (χ1n) is 7.39. The minimum Gasteiger partial charge on any atom is -0.431 e. The summed E-state index contributed by atoms with van der Waals surface area (Å²) in [7, 11) is 0. The minimum atomic E-state index is -3.17. The lowest BCUT2D eigenvalue weighted by atomic mass is 10.2. The van der Waals surface area contributed by atoms with Gasteiger partial charge in [0.1, 0.15) is 0 Å². The molecule has 0 aliphatic rings. The van der Waals surface area contributed by atoms with Gasteiger partial charge in [0.25, 0.3) is 0 Å². The molecule has 3 aromatic rings. The van der Waals surface area contributed by atoms with Crippen LogP contribution in [0.1, 0.15) is 11.3 Å². The standard InChI is InChI=1S/C16H13F4N3O2S/c1-8-3-2-4-21-11(8)7-26-16-22-9-5-12(24-14(17)18)13(25-15(19)20)6-10(9)23-16/h2-6,14-15H,7H2,1H3,(H,22,23). The Kier molecular flexibility index (Phi) is 5.50. The number of nitrogens with zero attached hydrogens (tertiary/aromatic N) is 2. The van der Waals surface area contributed by atoms with Gasteiger partial charge in [-0.15, -0.1) is 0 Å². The number of ether oxygens (including phenoxy) is 2. The van der Waals surface area contributed by atoms with E-state index >= 15 is 0 Å². The maximum absolute atomic E-state index is 12.5. The summed E-state index contributed by atoms with van der Waals surface area (Å²) in [6, 6.07) is 6.05. The number of aromatic amines is 1. The van der Waals surface area contributed by atoms with Crippen LogP contribution in [0.25, 0.3) is 11.0 Å². The number of hydrogen-bond acceptors (Lipinski definition) is 5. The second-order valence-electron chi connectivity index (χ2n) is 5.17. The maximum atomic E-state index is 12.5. The van der Waals surface area contributed by atoms with Gasteiger partial charge < -0.3 is 14.5 Å². The van der Waals surface area contributed by atoms with Crippen LogP contribution in [0.4, 0.5) is 17.6 Å². The second kappa shape index (κ2) is 7.81. The number of alkyl halides is 4. The fraction of sp³-hybridized carbons (Fsp3) is 0.250. The quantitative estimate of drug-likeness (QED) is 0.468. The van der Waals surface area contributed by atoms with Crippen molar-refractivity contribution in [3.63, 3.8) is 0 Å². The molecular formula is C16H13F4N3O2S. The smallest absolute Gasteiger partial charge is 0.387 e. The second-order valence-corrected chi connectivity index (χ2v) is 6.13. The molecule has 26 heavy (non-hydrogen) atoms. The van der Waals surface area contributed by atoms with Crippen LogP contribution < -0.4 is 9.47 Å². The molecule has 0 aliphatic heterocycles. The first kappa shape index (κ1) is 18.3. The molecule has 0 unspecified atom stereocenters. The predicted octanol–water partition coefficient (Wildman–Crippen LogP) is 4.76. The van der Waals surface area contributed by atoms with Crippen molar-refractivity contribution >= 4 is 22.8 Å². The molecule has 0 amide bonds. The van der Waals surface area contributed by atoms with Crippen molar-refractivity contribution in [1.82, 2.24) is 15.0 Å². The Bertz CT molecular complexity index is 857. The number of halogens is 4. The molecule has 2 heterocycles. The molecule has 0 atom stereocenters. The number of fused-ring (bicyclic) bond motifs is 1. The molecule has 5 nitrogen and oxygen atoms in total. The Hall–Kier alpha value is -2.49. The Morgan fingerprint density at radius 1 is 1.12 bits per heavy atom. The predicted molar refractivity (Wildman–Crippen MR) is 87.9 cm³/mol. The van der Waals surface area contributed by atoms with Crippen molar-refractivity contribution in [2.45, 2.75) is 31.1 Å². The Balaban J connectivity index is 1.86. The zero-order chi connectivity index (χ0) is 18.7. The van der Waals surface area contributed by atoms with Crippen LogP contribution >= 0.6 is 11.8 Å². The van der Waals surface area contributed by atoms with E-state index in [0.29, 0.717) is 21.9 Å². The highest BCUT2D eigenvalue weighted by molar-refractivity contribution is 7.98. The number of thioether (sulfide) groups is 1. The van der Waals surface area contributed by atoms with Gasteiger partial charge in [0, 0.05) is 24.1 Å². The molecule has 0 saturated carbocycles. The van der Waals surface area contributed by atoms with E-state index in [2.05, 4.69) is 24.4 Å². The molecule has 3 rings (SSSR count). The number of nitrogens with one attached hydrogen (secondary N) is 1. The Labute approximate surface area is 149 Å². The number of imidazole rings is 1. The van der Waals surface area contributed by atoms with E-state index in [4.69, 9.17) is 0 Å². The molecule has 10 heteroatoms. The third kappa shape index (κ3) is 4.37. The Morgan fingerprint density at radius 3 is 2.46 bits per heavy atom. The van der Waals surface area contributed by atoms with Crippen LogP contribution in [0, 0.1) is 6.92 Å². The van der Waals surface area contributed by atoms with Crippen molar-refractivity contribution in [3.8, 4) is 11.5 Å². The number of pyridine rings is 1. The molecule has 1 aromatic carbocycles. The van der Waals surface area contributed by atoms with Gasteiger partial charge in [-0.1, -0.05) is 17.8 Å². The molecule has 2 aromatic heterocycles. The number of aryl methyl sites for hydroxylation is 1. The molecule has 0 radical (unpaired) electrons. The van der Waals surface area contributed by atoms with Crippen LogP contribution in [0.2, 0.25) is 0 Å². The van der Waals surface area contributed by atoms with Crippen molar-refractivity contribution in [3.05, 3.63) is 41.7 Å². The van der Waals surface area contributed by atoms with E-state index in [1.165, 1.54) is 11.8 Å². The van der Waals surface area contributed by atoms with Crippen molar-refractivity contribution in [2.75, 3.05) is 0 Å². The minimum absolute atomic E-state index is 0.294. The summed E-state index contributed by atoms with van der Waals surface area (Å²) in [4.78, 5) is 11.5. The van der Waals surface area contributed by atoms with Gasteiger partial charge in [0.15, 0.2) is 16.7 Å². The molecule has 0 fully saturated rings.